The highest BCUT2D eigenvalue weighted by molar-refractivity contribution is 5.76. The average molecular weight is 975 g/mol. The second kappa shape index (κ2) is 59.2. The molecular formula is C63H123NO5. The number of allylic oxidation sites excluding steroid dienone is 2. The maximum Gasteiger partial charge on any atom is 0.305 e. The number of hydrogen-bond acceptors (Lipinski definition) is 5. The van der Waals surface area contributed by atoms with E-state index in [0.717, 1.165) is 38.5 Å². The zero-order valence-corrected chi connectivity index (χ0v) is 46.8. The molecule has 410 valence electrons. The minimum atomic E-state index is -0.660. The summed E-state index contributed by atoms with van der Waals surface area (Å²) in [6, 6.07) is -0.537. The molecular weight excluding hydrogens is 851 g/mol. The van der Waals surface area contributed by atoms with Crippen LogP contribution in [0.3, 0.4) is 0 Å². The lowest BCUT2D eigenvalue weighted by atomic mass is 10.0. The number of esters is 1. The molecule has 0 aromatic rings. The van der Waals surface area contributed by atoms with Gasteiger partial charge in [-0.05, 0) is 51.4 Å². The lowest BCUT2D eigenvalue weighted by molar-refractivity contribution is -0.143. The van der Waals surface area contributed by atoms with Crippen LogP contribution in [0.25, 0.3) is 0 Å². The second-order valence-corrected chi connectivity index (χ2v) is 21.7. The Bertz CT molecular complexity index is 1030. The van der Waals surface area contributed by atoms with Crippen molar-refractivity contribution in [3.8, 4) is 0 Å². The summed E-state index contributed by atoms with van der Waals surface area (Å²) in [5.41, 5.74) is 0. The second-order valence-electron chi connectivity index (χ2n) is 21.7. The highest BCUT2D eigenvalue weighted by Gasteiger charge is 2.20. The van der Waals surface area contributed by atoms with Crippen molar-refractivity contribution in [2.45, 2.75) is 366 Å². The fourth-order valence-corrected chi connectivity index (χ4v) is 9.99. The van der Waals surface area contributed by atoms with E-state index in [4.69, 9.17) is 4.74 Å². The maximum atomic E-state index is 12.4. The van der Waals surface area contributed by atoms with Crippen LogP contribution in [0.15, 0.2) is 12.2 Å². The molecule has 0 radical (unpaired) electrons. The summed E-state index contributed by atoms with van der Waals surface area (Å²) in [6.07, 6.45) is 71.1. The summed E-state index contributed by atoms with van der Waals surface area (Å²) >= 11 is 0. The van der Waals surface area contributed by atoms with Crippen LogP contribution in [0.4, 0.5) is 0 Å². The van der Waals surface area contributed by atoms with Crippen molar-refractivity contribution in [3.05, 3.63) is 12.2 Å². The molecule has 0 saturated carbocycles. The molecule has 0 fully saturated rings. The number of ether oxygens (including phenoxy) is 1. The van der Waals surface area contributed by atoms with Gasteiger partial charge in [0.15, 0.2) is 0 Å². The first kappa shape index (κ1) is 67.6. The first-order valence-electron chi connectivity index (χ1n) is 31.4. The Balaban J connectivity index is 3.32. The van der Waals surface area contributed by atoms with Gasteiger partial charge in [0.05, 0.1) is 25.4 Å². The standard InChI is InChI=1S/C63H123NO5/c1-3-5-7-9-11-13-14-33-37-41-45-49-53-57-63(68)69-58-54-50-46-42-38-35-32-30-28-26-24-22-20-18-16-15-17-19-21-23-25-27-29-31-34-36-40-44-48-52-56-62(67)64-60(59-65)61(66)55-51-47-43-39-12-10-8-6-4-2/h16,18,60-61,65-66H,3-15,17,19-59H2,1-2H3,(H,64,67)/b18-16-. The quantitative estimate of drug-likeness (QED) is 0.0321. The summed E-state index contributed by atoms with van der Waals surface area (Å²) in [5, 5.41) is 23.1. The van der Waals surface area contributed by atoms with Gasteiger partial charge in [-0.25, -0.2) is 0 Å². The molecule has 0 aromatic carbocycles. The third kappa shape index (κ3) is 55.8. The van der Waals surface area contributed by atoms with E-state index in [-0.39, 0.29) is 18.5 Å². The lowest BCUT2D eigenvalue weighted by Gasteiger charge is -2.22. The van der Waals surface area contributed by atoms with Crippen molar-refractivity contribution in [1.29, 1.82) is 0 Å². The molecule has 0 rings (SSSR count). The number of unbranched alkanes of at least 4 members (excludes halogenated alkanes) is 46. The molecule has 0 bridgehead atoms. The van der Waals surface area contributed by atoms with Gasteiger partial charge in [0.2, 0.25) is 5.91 Å². The zero-order valence-electron chi connectivity index (χ0n) is 46.8. The normalized spacial score (nSPS) is 12.6. The van der Waals surface area contributed by atoms with Crippen molar-refractivity contribution < 1.29 is 24.5 Å². The third-order valence-corrected chi connectivity index (χ3v) is 14.8. The molecule has 0 saturated heterocycles. The molecule has 2 atom stereocenters. The van der Waals surface area contributed by atoms with Gasteiger partial charge in [0.1, 0.15) is 0 Å². The van der Waals surface area contributed by atoms with Crippen LogP contribution < -0.4 is 5.32 Å². The largest absolute Gasteiger partial charge is 0.466 e. The number of carbonyl (C=O) groups is 2. The fraction of sp³-hybridized carbons (Fsp3) is 0.937. The molecule has 2 unspecified atom stereocenters. The van der Waals surface area contributed by atoms with Crippen LogP contribution in [0.5, 0.6) is 0 Å². The van der Waals surface area contributed by atoms with Crippen LogP contribution in [-0.2, 0) is 14.3 Å². The predicted octanol–water partition coefficient (Wildman–Crippen LogP) is 19.6. The van der Waals surface area contributed by atoms with Gasteiger partial charge in [-0.2, -0.15) is 0 Å². The molecule has 0 aliphatic carbocycles. The van der Waals surface area contributed by atoms with Gasteiger partial charge in [-0.15, -0.1) is 0 Å². The summed E-state index contributed by atoms with van der Waals surface area (Å²) in [4.78, 5) is 24.4. The van der Waals surface area contributed by atoms with Crippen LogP contribution in [0.2, 0.25) is 0 Å². The molecule has 0 heterocycles. The van der Waals surface area contributed by atoms with E-state index in [1.165, 1.54) is 283 Å². The first-order chi connectivity index (χ1) is 34.0. The molecule has 1 amide bonds. The molecule has 69 heavy (non-hydrogen) atoms. The van der Waals surface area contributed by atoms with Gasteiger partial charge in [-0.3, -0.25) is 9.59 Å². The summed E-state index contributed by atoms with van der Waals surface area (Å²) < 4.78 is 5.48. The lowest BCUT2D eigenvalue weighted by Crippen LogP contribution is -2.45. The zero-order chi connectivity index (χ0) is 50.0. The molecule has 0 aliphatic rings. The summed E-state index contributed by atoms with van der Waals surface area (Å²) in [7, 11) is 0. The Morgan fingerprint density at radius 3 is 1.03 bits per heavy atom. The van der Waals surface area contributed by atoms with Gasteiger partial charge in [-0.1, -0.05) is 302 Å². The molecule has 0 spiro atoms. The van der Waals surface area contributed by atoms with Crippen molar-refractivity contribution in [2.75, 3.05) is 13.2 Å². The number of carbonyl (C=O) groups excluding carboxylic acids is 2. The average Bonchev–Trinajstić information content (AvgIpc) is 3.35. The molecule has 6 nitrogen and oxygen atoms in total. The molecule has 6 heteroatoms. The fourth-order valence-electron chi connectivity index (χ4n) is 9.99. The molecule has 0 aliphatic heterocycles. The van der Waals surface area contributed by atoms with Crippen LogP contribution in [0.1, 0.15) is 354 Å². The van der Waals surface area contributed by atoms with E-state index in [9.17, 15) is 19.8 Å². The SMILES string of the molecule is CCCCCCCCCCCCCCCC(=O)OCCCCCCCCCCCCCC/C=C\CCCCCCCCCCCCCCCCC(=O)NC(CO)C(O)CCCCCCCCCCC. The van der Waals surface area contributed by atoms with Crippen molar-refractivity contribution in [3.63, 3.8) is 0 Å². The first-order valence-corrected chi connectivity index (χ1v) is 31.4. The smallest absolute Gasteiger partial charge is 0.305 e. The summed E-state index contributed by atoms with van der Waals surface area (Å²) in [5.74, 6) is -0.0153. The van der Waals surface area contributed by atoms with E-state index in [0.29, 0.717) is 25.9 Å². The number of hydrogen-bond donors (Lipinski definition) is 3. The Kier molecular flexibility index (Phi) is 58.0. The van der Waals surface area contributed by atoms with Gasteiger partial charge in [0.25, 0.3) is 0 Å². The third-order valence-electron chi connectivity index (χ3n) is 14.8. The Hall–Kier alpha value is -1.40. The van der Waals surface area contributed by atoms with Gasteiger partial charge >= 0.3 is 5.97 Å². The highest BCUT2D eigenvalue weighted by Crippen LogP contribution is 2.18. The van der Waals surface area contributed by atoms with E-state index < -0.39 is 12.1 Å². The van der Waals surface area contributed by atoms with Gasteiger partial charge in [0, 0.05) is 12.8 Å². The van der Waals surface area contributed by atoms with Gasteiger partial charge < -0.3 is 20.3 Å². The van der Waals surface area contributed by atoms with Crippen LogP contribution in [-0.4, -0.2) is 47.4 Å². The predicted molar refractivity (Wildman–Crippen MR) is 301 cm³/mol. The Morgan fingerprint density at radius 1 is 0.391 bits per heavy atom. The van der Waals surface area contributed by atoms with E-state index in [1.807, 2.05) is 0 Å². The van der Waals surface area contributed by atoms with E-state index >= 15 is 0 Å². The minimum absolute atomic E-state index is 0.0190. The molecule has 3 N–H and O–H groups in total. The molecule has 0 aromatic heterocycles. The Morgan fingerprint density at radius 2 is 0.681 bits per heavy atom. The van der Waals surface area contributed by atoms with Crippen molar-refractivity contribution in [1.82, 2.24) is 5.32 Å². The van der Waals surface area contributed by atoms with Crippen LogP contribution >= 0.6 is 0 Å². The number of aliphatic hydroxyl groups excluding tert-OH is 2. The topological polar surface area (TPSA) is 95.9 Å². The monoisotopic (exact) mass is 974 g/mol. The summed E-state index contributed by atoms with van der Waals surface area (Å²) in [6.45, 7) is 4.95. The highest BCUT2D eigenvalue weighted by atomic mass is 16.5. The minimum Gasteiger partial charge on any atom is -0.466 e. The van der Waals surface area contributed by atoms with Crippen LogP contribution in [0, 0.1) is 0 Å². The van der Waals surface area contributed by atoms with E-state index in [2.05, 4.69) is 31.3 Å². The maximum absolute atomic E-state index is 12.4. The number of amides is 1. The number of nitrogens with one attached hydrogen (secondary N) is 1. The van der Waals surface area contributed by atoms with Crippen molar-refractivity contribution in [2.24, 2.45) is 0 Å². The van der Waals surface area contributed by atoms with E-state index in [1.54, 1.807) is 0 Å². The number of aliphatic hydroxyl groups is 2. The Labute approximate surface area is 431 Å². The van der Waals surface area contributed by atoms with Crippen molar-refractivity contribution >= 4 is 11.9 Å². The number of rotatable bonds is 59.